The Morgan fingerprint density at radius 2 is 2.18 bits per heavy atom. The van der Waals surface area contributed by atoms with Crippen LogP contribution in [0.2, 0.25) is 0 Å². The first kappa shape index (κ1) is 13.5. The molecule has 0 heterocycles. The third-order valence-corrected chi connectivity index (χ3v) is 2.66. The summed E-state index contributed by atoms with van der Waals surface area (Å²) in [5.74, 6) is 4.34. The average molecular weight is 255 g/mol. The van der Waals surface area contributed by atoms with Crippen molar-refractivity contribution in [1.82, 2.24) is 0 Å². The summed E-state index contributed by atoms with van der Waals surface area (Å²) >= 11 is 1.16. The van der Waals surface area contributed by atoms with Crippen molar-refractivity contribution in [3.63, 3.8) is 0 Å². The van der Waals surface area contributed by atoms with E-state index in [-0.39, 0.29) is 16.4 Å². The second kappa shape index (κ2) is 6.26. The van der Waals surface area contributed by atoms with Crippen LogP contribution < -0.4 is 5.73 Å². The Hall–Kier alpha value is -1.54. The van der Waals surface area contributed by atoms with Gasteiger partial charge in [-0.3, -0.25) is 4.79 Å². The van der Waals surface area contributed by atoms with Gasteiger partial charge in [0.05, 0.1) is 11.3 Å². The normalized spacial score (nSPS) is 9.59. The highest BCUT2D eigenvalue weighted by Crippen LogP contribution is 2.17. The standard InChI is InChI=1S/C12H11F2NOS/c1-8(16)17-5-3-2-4-9-6-10(13)7-11(14)12(9)15/h6-7H,3,5,15H2,1H3. The highest BCUT2D eigenvalue weighted by Gasteiger charge is 2.05. The van der Waals surface area contributed by atoms with Gasteiger partial charge in [-0.15, -0.1) is 0 Å². The van der Waals surface area contributed by atoms with Crippen molar-refractivity contribution >= 4 is 22.6 Å². The van der Waals surface area contributed by atoms with Gasteiger partial charge in [0.2, 0.25) is 0 Å². The van der Waals surface area contributed by atoms with Crippen molar-refractivity contribution in [2.45, 2.75) is 13.3 Å². The van der Waals surface area contributed by atoms with E-state index in [2.05, 4.69) is 11.8 Å². The number of carbonyl (C=O) groups is 1. The second-order valence-corrected chi connectivity index (χ2v) is 4.51. The summed E-state index contributed by atoms with van der Waals surface area (Å²) in [6, 6.07) is 1.80. The van der Waals surface area contributed by atoms with Crippen LogP contribution >= 0.6 is 11.8 Å². The van der Waals surface area contributed by atoms with E-state index in [0.29, 0.717) is 18.2 Å². The van der Waals surface area contributed by atoms with Crippen LogP contribution in [0.5, 0.6) is 0 Å². The summed E-state index contributed by atoms with van der Waals surface area (Å²) in [5, 5.41) is 0.0168. The van der Waals surface area contributed by atoms with Crippen LogP contribution in [0.25, 0.3) is 0 Å². The van der Waals surface area contributed by atoms with E-state index in [1.807, 2.05) is 0 Å². The molecule has 0 aliphatic heterocycles. The van der Waals surface area contributed by atoms with Gasteiger partial charge in [-0.1, -0.05) is 23.6 Å². The molecule has 2 nitrogen and oxygen atoms in total. The first-order valence-corrected chi connectivity index (χ1v) is 5.86. The Kier molecular flexibility index (Phi) is 4.98. The zero-order valence-corrected chi connectivity index (χ0v) is 10.0. The molecule has 90 valence electrons. The van der Waals surface area contributed by atoms with E-state index in [0.717, 1.165) is 17.8 Å². The molecule has 1 rings (SSSR count). The van der Waals surface area contributed by atoms with Gasteiger partial charge >= 0.3 is 0 Å². The minimum atomic E-state index is -0.813. The van der Waals surface area contributed by atoms with Crippen molar-refractivity contribution in [2.24, 2.45) is 0 Å². The molecule has 0 aromatic heterocycles. The number of halogens is 2. The lowest BCUT2D eigenvalue weighted by molar-refractivity contribution is -0.109. The number of thioether (sulfide) groups is 1. The zero-order valence-electron chi connectivity index (χ0n) is 9.22. The zero-order chi connectivity index (χ0) is 12.8. The topological polar surface area (TPSA) is 43.1 Å². The predicted octanol–water partition coefficient (Wildman–Crippen LogP) is 2.57. The maximum Gasteiger partial charge on any atom is 0.185 e. The van der Waals surface area contributed by atoms with Crippen molar-refractivity contribution in [3.8, 4) is 11.8 Å². The Morgan fingerprint density at radius 1 is 1.47 bits per heavy atom. The molecule has 0 aliphatic carbocycles. The summed E-state index contributed by atoms with van der Waals surface area (Å²) in [7, 11) is 0. The minimum absolute atomic E-state index is 0.0168. The molecule has 5 heteroatoms. The monoisotopic (exact) mass is 255 g/mol. The van der Waals surface area contributed by atoms with Gasteiger partial charge in [0.1, 0.15) is 11.6 Å². The minimum Gasteiger partial charge on any atom is -0.395 e. The Balaban J connectivity index is 2.68. The molecule has 0 aliphatic rings. The number of nitrogen functional groups attached to an aromatic ring is 1. The van der Waals surface area contributed by atoms with E-state index < -0.39 is 11.6 Å². The molecule has 0 unspecified atom stereocenters. The molecule has 0 spiro atoms. The molecule has 0 saturated carbocycles. The van der Waals surface area contributed by atoms with Crippen LogP contribution in [0.1, 0.15) is 18.9 Å². The smallest absolute Gasteiger partial charge is 0.185 e. The van der Waals surface area contributed by atoms with Crippen LogP contribution in [-0.4, -0.2) is 10.9 Å². The first-order valence-electron chi connectivity index (χ1n) is 4.87. The number of hydrogen-bond acceptors (Lipinski definition) is 3. The Labute approximate surface area is 103 Å². The third-order valence-electron chi connectivity index (χ3n) is 1.85. The number of nitrogens with two attached hydrogens (primary N) is 1. The summed E-state index contributed by atoms with van der Waals surface area (Å²) < 4.78 is 25.9. The second-order valence-electron chi connectivity index (χ2n) is 3.24. The molecule has 0 fully saturated rings. The van der Waals surface area contributed by atoms with Gasteiger partial charge in [0.25, 0.3) is 0 Å². The van der Waals surface area contributed by atoms with Crippen molar-refractivity contribution in [1.29, 1.82) is 0 Å². The van der Waals surface area contributed by atoms with Crippen LogP contribution in [0, 0.1) is 23.5 Å². The van der Waals surface area contributed by atoms with E-state index in [1.165, 1.54) is 6.92 Å². The summed E-state index contributed by atoms with van der Waals surface area (Å²) in [6.45, 7) is 1.47. The van der Waals surface area contributed by atoms with Gasteiger partial charge in [0.15, 0.2) is 5.12 Å². The van der Waals surface area contributed by atoms with Gasteiger partial charge in [-0.2, -0.15) is 0 Å². The number of rotatable bonds is 2. The fraction of sp³-hybridized carbons (Fsp3) is 0.250. The number of carbonyl (C=O) groups excluding carboxylic acids is 1. The van der Waals surface area contributed by atoms with E-state index >= 15 is 0 Å². The average Bonchev–Trinajstić information content (AvgIpc) is 2.23. The molecule has 0 saturated heterocycles. The maximum atomic E-state index is 13.0. The molecule has 2 N–H and O–H groups in total. The number of hydrogen-bond donors (Lipinski definition) is 1. The highest BCUT2D eigenvalue weighted by molar-refractivity contribution is 8.13. The lowest BCUT2D eigenvalue weighted by atomic mass is 10.1. The lowest BCUT2D eigenvalue weighted by Gasteiger charge is -1.99. The lowest BCUT2D eigenvalue weighted by Crippen LogP contribution is -1.96. The van der Waals surface area contributed by atoms with Crippen molar-refractivity contribution in [2.75, 3.05) is 11.5 Å². The van der Waals surface area contributed by atoms with Crippen LogP contribution in [-0.2, 0) is 4.79 Å². The fourth-order valence-electron chi connectivity index (χ4n) is 1.09. The fourth-order valence-corrected chi connectivity index (χ4v) is 1.58. The Bertz CT molecular complexity index is 491. The molecule has 0 amide bonds. The van der Waals surface area contributed by atoms with Gasteiger partial charge in [0, 0.05) is 25.2 Å². The van der Waals surface area contributed by atoms with Crippen molar-refractivity contribution in [3.05, 3.63) is 29.3 Å². The van der Waals surface area contributed by atoms with Crippen molar-refractivity contribution < 1.29 is 13.6 Å². The quantitative estimate of drug-likeness (QED) is 0.502. The van der Waals surface area contributed by atoms with E-state index in [1.54, 1.807) is 0 Å². The van der Waals surface area contributed by atoms with E-state index in [9.17, 15) is 13.6 Å². The maximum absolute atomic E-state index is 13.0. The molecule has 0 bridgehead atoms. The molecule has 17 heavy (non-hydrogen) atoms. The molecular formula is C12H11F2NOS. The molecule has 0 radical (unpaired) electrons. The van der Waals surface area contributed by atoms with Gasteiger partial charge in [-0.25, -0.2) is 8.78 Å². The largest absolute Gasteiger partial charge is 0.395 e. The SMILES string of the molecule is CC(=O)SCCC#Cc1cc(F)cc(F)c1N. The molecule has 1 aromatic rings. The van der Waals surface area contributed by atoms with Gasteiger partial charge in [-0.05, 0) is 6.07 Å². The summed E-state index contributed by atoms with van der Waals surface area (Å²) in [4.78, 5) is 10.6. The van der Waals surface area contributed by atoms with Crippen LogP contribution in [0.15, 0.2) is 12.1 Å². The Morgan fingerprint density at radius 3 is 2.82 bits per heavy atom. The van der Waals surface area contributed by atoms with Crippen LogP contribution in [0.3, 0.4) is 0 Å². The third kappa shape index (κ3) is 4.45. The highest BCUT2D eigenvalue weighted by atomic mass is 32.2. The van der Waals surface area contributed by atoms with Gasteiger partial charge < -0.3 is 5.73 Å². The molecular weight excluding hydrogens is 244 g/mol. The summed E-state index contributed by atoms with van der Waals surface area (Å²) in [6.07, 6.45) is 0.460. The number of benzene rings is 1. The molecule has 0 atom stereocenters. The molecule has 1 aromatic carbocycles. The van der Waals surface area contributed by atoms with E-state index in [4.69, 9.17) is 5.73 Å². The summed E-state index contributed by atoms with van der Waals surface area (Å²) in [5.41, 5.74) is 5.39. The number of anilines is 1. The predicted molar refractivity (Wildman–Crippen MR) is 65.4 cm³/mol. The van der Waals surface area contributed by atoms with Crippen LogP contribution in [0.4, 0.5) is 14.5 Å². The first-order chi connectivity index (χ1) is 8.00.